The second-order valence-corrected chi connectivity index (χ2v) is 4.27. The highest BCUT2D eigenvalue weighted by Crippen LogP contribution is 2.27. The third-order valence-corrected chi connectivity index (χ3v) is 3.05. The van der Waals surface area contributed by atoms with Gasteiger partial charge in [0.05, 0.1) is 0 Å². The predicted octanol–water partition coefficient (Wildman–Crippen LogP) is 2.30. The van der Waals surface area contributed by atoms with E-state index in [1.165, 1.54) is 23.2 Å². The van der Waals surface area contributed by atoms with Crippen LogP contribution in [0.25, 0.3) is 6.08 Å². The Labute approximate surface area is 98.0 Å². The highest BCUT2D eigenvalue weighted by atomic mass is 15.1. The van der Waals surface area contributed by atoms with Crippen molar-refractivity contribution in [1.82, 2.24) is 5.32 Å². The van der Waals surface area contributed by atoms with E-state index in [4.69, 9.17) is 0 Å². The van der Waals surface area contributed by atoms with Gasteiger partial charge in [-0.05, 0) is 36.2 Å². The van der Waals surface area contributed by atoms with Gasteiger partial charge in [-0.1, -0.05) is 25.1 Å². The zero-order valence-electron chi connectivity index (χ0n) is 10.2. The summed E-state index contributed by atoms with van der Waals surface area (Å²) in [5, 5.41) is 3.28. The number of hydrogen-bond acceptors (Lipinski definition) is 2. The maximum atomic E-state index is 3.28. The molecular weight excluding hydrogens is 196 g/mol. The van der Waals surface area contributed by atoms with E-state index < -0.39 is 0 Å². The highest BCUT2D eigenvalue weighted by Gasteiger charge is 2.14. The molecular formula is C14H20N2. The van der Waals surface area contributed by atoms with Crippen LogP contribution in [-0.2, 0) is 6.42 Å². The number of likely N-dealkylation sites (N-methyl/N-ethyl adjacent to an activating group) is 2. The van der Waals surface area contributed by atoms with Gasteiger partial charge in [-0.25, -0.2) is 0 Å². The molecule has 16 heavy (non-hydrogen) atoms. The molecule has 1 aliphatic rings. The third-order valence-electron chi connectivity index (χ3n) is 3.05. The van der Waals surface area contributed by atoms with Crippen molar-refractivity contribution >= 4 is 11.8 Å². The molecule has 0 atom stereocenters. The summed E-state index contributed by atoms with van der Waals surface area (Å²) in [6.45, 7) is 5.26. The second-order valence-electron chi connectivity index (χ2n) is 4.27. The van der Waals surface area contributed by atoms with Crippen LogP contribution in [0.2, 0.25) is 0 Å². The zero-order valence-corrected chi connectivity index (χ0v) is 10.2. The fraction of sp³-hybridized carbons (Fsp3) is 0.429. The van der Waals surface area contributed by atoms with Crippen LogP contribution in [0.5, 0.6) is 0 Å². The number of nitrogens with one attached hydrogen (secondary N) is 1. The number of nitrogens with zero attached hydrogens (tertiary/aromatic N) is 1. The Balaban J connectivity index is 2.04. The van der Waals surface area contributed by atoms with Gasteiger partial charge in [-0.2, -0.15) is 0 Å². The molecule has 0 saturated carbocycles. The van der Waals surface area contributed by atoms with E-state index in [2.05, 4.69) is 54.5 Å². The topological polar surface area (TPSA) is 15.3 Å². The van der Waals surface area contributed by atoms with Crippen LogP contribution in [0.4, 0.5) is 5.69 Å². The maximum absolute atomic E-state index is 3.28. The van der Waals surface area contributed by atoms with E-state index in [-0.39, 0.29) is 0 Å². The van der Waals surface area contributed by atoms with Gasteiger partial charge >= 0.3 is 0 Å². The lowest BCUT2D eigenvalue weighted by Gasteiger charge is -2.11. The summed E-state index contributed by atoms with van der Waals surface area (Å²) in [6.07, 6.45) is 5.56. The quantitative estimate of drug-likeness (QED) is 0.777. The first-order valence-electron chi connectivity index (χ1n) is 6.02. The van der Waals surface area contributed by atoms with Crippen LogP contribution in [0.3, 0.4) is 0 Å². The predicted molar refractivity (Wildman–Crippen MR) is 71.0 cm³/mol. The van der Waals surface area contributed by atoms with Crippen LogP contribution < -0.4 is 10.2 Å². The zero-order chi connectivity index (χ0) is 11.4. The summed E-state index contributed by atoms with van der Waals surface area (Å²) >= 11 is 0. The summed E-state index contributed by atoms with van der Waals surface area (Å²) in [5.74, 6) is 0. The Kier molecular flexibility index (Phi) is 3.62. The molecule has 1 aromatic rings. The highest BCUT2D eigenvalue weighted by molar-refractivity contribution is 5.63. The van der Waals surface area contributed by atoms with Gasteiger partial charge in [0.25, 0.3) is 0 Å². The summed E-state index contributed by atoms with van der Waals surface area (Å²) in [5.41, 5.74) is 4.18. The van der Waals surface area contributed by atoms with Crippen molar-refractivity contribution in [2.45, 2.75) is 13.3 Å². The Hall–Kier alpha value is -1.28. The van der Waals surface area contributed by atoms with E-state index in [0.717, 1.165) is 19.6 Å². The molecule has 0 fully saturated rings. The fourth-order valence-corrected chi connectivity index (χ4v) is 2.11. The number of hydrogen-bond donors (Lipinski definition) is 1. The summed E-state index contributed by atoms with van der Waals surface area (Å²) in [4.78, 5) is 2.32. The summed E-state index contributed by atoms with van der Waals surface area (Å²) < 4.78 is 0. The van der Waals surface area contributed by atoms with Gasteiger partial charge in [0.2, 0.25) is 0 Å². The first kappa shape index (κ1) is 11.2. The first-order chi connectivity index (χ1) is 7.81. The summed E-state index contributed by atoms with van der Waals surface area (Å²) in [7, 11) is 2.16. The van der Waals surface area contributed by atoms with E-state index in [0.29, 0.717) is 0 Å². The average Bonchev–Trinajstić information content (AvgIpc) is 2.66. The lowest BCUT2D eigenvalue weighted by Crippen LogP contribution is -2.12. The molecule has 1 heterocycles. The van der Waals surface area contributed by atoms with E-state index in [1.54, 1.807) is 0 Å². The largest absolute Gasteiger partial charge is 0.374 e. The minimum atomic E-state index is 0.952. The van der Waals surface area contributed by atoms with Gasteiger partial charge in [0, 0.05) is 25.8 Å². The Morgan fingerprint density at radius 1 is 1.44 bits per heavy atom. The van der Waals surface area contributed by atoms with E-state index in [1.807, 2.05) is 0 Å². The van der Waals surface area contributed by atoms with Crippen molar-refractivity contribution in [2.24, 2.45) is 0 Å². The smallest absolute Gasteiger partial charge is 0.0397 e. The molecule has 2 heteroatoms. The molecule has 1 aromatic carbocycles. The molecule has 0 spiro atoms. The molecule has 0 aromatic heterocycles. The molecule has 0 radical (unpaired) electrons. The van der Waals surface area contributed by atoms with Crippen LogP contribution in [0.1, 0.15) is 18.1 Å². The van der Waals surface area contributed by atoms with Crippen molar-refractivity contribution in [3.05, 3.63) is 35.4 Å². The van der Waals surface area contributed by atoms with Gasteiger partial charge in [-0.15, -0.1) is 0 Å². The minimum absolute atomic E-state index is 0.952. The lowest BCUT2D eigenvalue weighted by atomic mass is 10.1. The molecule has 2 rings (SSSR count). The first-order valence-corrected chi connectivity index (χ1v) is 6.02. The molecule has 86 valence electrons. The van der Waals surface area contributed by atoms with Crippen molar-refractivity contribution in [2.75, 3.05) is 31.6 Å². The molecule has 1 N–H and O–H groups in total. The number of fused-ring (bicyclic) bond motifs is 1. The van der Waals surface area contributed by atoms with Crippen molar-refractivity contribution < 1.29 is 0 Å². The van der Waals surface area contributed by atoms with Gasteiger partial charge < -0.3 is 10.2 Å². The molecule has 0 aliphatic carbocycles. The molecule has 0 saturated heterocycles. The van der Waals surface area contributed by atoms with Crippen molar-refractivity contribution in [3.8, 4) is 0 Å². The Morgan fingerprint density at radius 2 is 2.31 bits per heavy atom. The van der Waals surface area contributed by atoms with Gasteiger partial charge in [0.15, 0.2) is 0 Å². The van der Waals surface area contributed by atoms with E-state index in [9.17, 15) is 0 Å². The normalized spacial score (nSPS) is 14.8. The molecule has 0 bridgehead atoms. The van der Waals surface area contributed by atoms with Crippen molar-refractivity contribution in [3.63, 3.8) is 0 Å². The maximum Gasteiger partial charge on any atom is 0.0397 e. The third kappa shape index (κ3) is 2.45. The monoisotopic (exact) mass is 216 g/mol. The average molecular weight is 216 g/mol. The van der Waals surface area contributed by atoms with Crippen LogP contribution >= 0.6 is 0 Å². The fourth-order valence-electron chi connectivity index (χ4n) is 2.11. The molecule has 0 unspecified atom stereocenters. The standard InChI is InChI=1S/C14H20N2/c1-3-15-9-4-5-12-6-7-14-13(11-12)8-10-16(14)2/h4-7,11,15H,3,8-10H2,1-2H3. The summed E-state index contributed by atoms with van der Waals surface area (Å²) in [6, 6.07) is 6.74. The lowest BCUT2D eigenvalue weighted by molar-refractivity contribution is 0.801. The van der Waals surface area contributed by atoms with Crippen LogP contribution in [0, 0.1) is 0 Å². The van der Waals surface area contributed by atoms with E-state index >= 15 is 0 Å². The molecule has 2 nitrogen and oxygen atoms in total. The number of benzene rings is 1. The minimum Gasteiger partial charge on any atom is -0.374 e. The molecule has 0 amide bonds. The Morgan fingerprint density at radius 3 is 3.12 bits per heavy atom. The number of rotatable bonds is 4. The van der Waals surface area contributed by atoms with Gasteiger partial charge in [-0.3, -0.25) is 0 Å². The molecule has 1 aliphatic heterocycles. The SMILES string of the molecule is CCNCC=Cc1ccc2c(c1)CCN2C. The Bertz CT molecular complexity index is 382. The van der Waals surface area contributed by atoms with Crippen LogP contribution in [0.15, 0.2) is 24.3 Å². The second kappa shape index (κ2) is 5.17. The van der Waals surface area contributed by atoms with Crippen LogP contribution in [-0.4, -0.2) is 26.7 Å². The number of anilines is 1. The van der Waals surface area contributed by atoms with Gasteiger partial charge in [0.1, 0.15) is 0 Å². The van der Waals surface area contributed by atoms with Crippen molar-refractivity contribution in [1.29, 1.82) is 0 Å².